The summed E-state index contributed by atoms with van der Waals surface area (Å²) in [5.41, 5.74) is 2.67. The first-order valence-electron chi connectivity index (χ1n) is 7.33. The molecule has 1 saturated heterocycles. The zero-order valence-electron chi connectivity index (χ0n) is 11.6. The molecule has 0 aliphatic carbocycles. The average molecular weight is 269 g/mol. The normalized spacial score (nSPS) is 17.2. The van der Waals surface area contributed by atoms with Crippen molar-refractivity contribution in [1.29, 1.82) is 0 Å². The van der Waals surface area contributed by atoms with Gasteiger partial charge >= 0.3 is 0 Å². The highest BCUT2D eigenvalue weighted by Crippen LogP contribution is 2.28. The van der Waals surface area contributed by atoms with Crippen LogP contribution in [0.5, 0.6) is 0 Å². The third kappa shape index (κ3) is 3.26. The second-order valence-corrected chi connectivity index (χ2v) is 5.59. The Kier molecular flexibility index (Phi) is 4.12. The van der Waals surface area contributed by atoms with Crippen molar-refractivity contribution in [1.82, 2.24) is 4.90 Å². The number of hydrogen-bond donors (Lipinski definition) is 0. The maximum atomic E-state index is 12.9. The summed E-state index contributed by atoms with van der Waals surface area (Å²) in [5, 5.41) is 0. The van der Waals surface area contributed by atoms with Crippen molar-refractivity contribution in [2.75, 3.05) is 13.1 Å². The van der Waals surface area contributed by atoms with Gasteiger partial charge in [0.1, 0.15) is 5.82 Å². The molecule has 2 aromatic carbocycles. The van der Waals surface area contributed by atoms with Gasteiger partial charge in [0.2, 0.25) is 0 Å². The Morgan fingerprint density at radius 1 is 0.900 bits per heavy atom. The number of halogens is 1. The molecule has 0 amide bonds. The second-order valence-electron chi connectivity index (χ2n) is 5.59. The van der Waals surface area contributed by atoms with Gasteiger partial charge in [-0.2, -0.15) is 0 Å². The molecule has 1 heterocycles. The van der Waals surface area contributed by atoms with E-state index in [0.29, 0.717) is 5.92 Å². The molecule has 1 nitrogen and oxygen atoms in total. The van der Waals surface area contributed by atoms with Crippen LogP contribution in [0.15, 0.2) is 54.6 Å². The Morgan fingerprint density at radius 3 is 2.20 bits per heavy atom. The van der Waals surface area contributed by atoms with E-state index in [1.165, 1.54) is 24.0 Å². The topological polar surface area (TPSA) is 3.24 Å². The smallest absolute Gasteiger partial charge is 0.123 e. The molecule has 0 spiro atoms. The summed E-state index contributed by atoms with van der Waals surface area (Å²) in [6.07, 6.45) is 2.43. The van der Waals surface area contributed by atoms with Gasteiger partial charge in [-0.3, -0.25) is 4.90 Å². The van der Waals surface area contributed by atoms with Crippen molar-refractivity contribution >= 4 is 0 Å². The molecule has 2 heteroatoms. The van der Waals surface area contributed by atoms with Gasteiger partial charge in [-0.05, 0) is 55.1 Å². The number of benzene rings is 2. The fraction of sp³-hybridized carbons (Fsp3) is 0.333. The van der Waals surface area contributed by atoms with Gasteiger partial charge in [0.25, 0.3) is 0 Å². The first-order valence-corrected chi connectivity index (χ1v) is 7.33. The van der Waals surface area contributed by atoms with Gasteiger partial charge in [-0.15, -0.1) is 0 Å². The number of piperidine rings is 1. The third-order valence-corrected chi connectivity index (χ3v) is 4.18. The number of likely N-dealkylation sites (tertiary alicyclic amines) is 1. The van der Waals surface area contributed by atoms with Gasteiger partial charge in [0.15, 0.2) is 0 Å². The number of hydrogen-bond acceptors (Lipinski definition) is 1. The molecule has 1 aliphatic rings. The predicted molar refractivity (Wildman–Crippen MR) is 80.1 cm³/mol. The maximum absolute atomic E-state index is 12.9. The van der Waals surface area contributed by atoms with Crippen molar-refractivity contribution in [3.63, 3.8) is 0 Å². The lowest BCUT2D eigenvalue weighted by Gasteiger charge is -2.32. The summed E-state index contributed by atoms with van der Waals surface area (Å²) in [6, 6.07) is 17.7. The van der Waals surface area contributed by atoms with E-state index in [2.05, 4.69) is 35.2 Å². The number of rotatable bonds is 3. The van der Waals surface area contributed by atoms with Crippen LogP contribution in [0.4, 0.5) is 4.39 Å². The van der Waals surface area contributed by atoms with Crippen molar-refractivity contribution in [3.05, 3.63) is 71.5 Å². The zero-order valence-corrected chi connectivity index (χ0v) is 11.6. The molecule has 2 aromatic rings. The summed E-state index contributed by atoms with van der Waals surface area (Å²) in [6.45, 7) is 3.18. The highest BCUT2D eigenvalue weighted by molar-refractivity contribution is 5.20. The molecule has 1 fully saturated rings. The fourth-order valence-corrected chi connectivity index (χ4v) is 3.00. The van der Waals surface area contributed by atoms with Crippen LogP contribution in [-0.2, 0) is 6.54 Å². The summed E-state index contributed by atoms with van der Waals surface area (Å²) < 4.78 is 12.9. The molecule has 0 bridgehead atoms. The van der Waals surface area contributed by atoms with Crippen LogP contribution in [0.1, 0.15) is 29.9 Å². The van der Waals surface area contributed by atoms with Crippen molar-refractivity contribution in [2.24, 2.45) is 0 Å². The molecule has 0 unspecified atom stereocenters. The summed E-state index contributed by atoms with van der Waals surface area (Å²) in [4.78, 5) is 2.46. The van der Waals surface area contributed by atoms with Gasteiger partial charge in [0, 0.05) is 6.54 Å². The Balaban J connectivity index is 1.55. The number of nitrogens with zero attached hydrogens (tertiary/aromatic N) is 1. The molecular weight excluding hydrogens is 249 g/mol. The van der Waals surface area contributed by atoms with Gasteiger partial charge in [-0.1, -0.05) is 42.5 Å². The predicted octanol–water partition coefficient (Wildman–Crippen LogP) is 4.21. The minimum absolute atomic E-state index is 0.156. The zero-order chi connectivity index (χ0) is 13.8. The third-order valence-electron chi connectivity index (χ3n) is 4.18. The van der Waals surface area contributed by atoms with Gasteiger partial charge < -0.3 is 0 Å². The lowest BCUT2D eigenvalue weighted by atomic mass is 9.89. The summed E-state index contributed by atoms with van der Waals surface area (Å²) in [5.74, 6) is 0.539. The van der Waals surface area contributed by atoms with Crippen molar-refractivity contribution < 1.29 is 4.39 Å². The Hall–Kier alpha value is -1.67. The highest BCUT2D eigenvalue weighted by atomic mass is 19.1. The van der Waals surface area contributed by atoms with Gasteiger partial charge in [-0.25, -0.2) is 4.39 Å². The van der Waals surface area contributed by atoms with E-state index in [1.54, 1.807) is 12.1 Å². The summed E-state index contributed by atoms with van der Waals surface area (Å²) >= 11 is 0. The van der Waals surface area contributed by atoms with E-state index in [9.17, 15) is 4.39 Å². The van der Waals surface area contributed by atoms with E-state index in [0.717, 1.165) is 19.6 Å². The first-order chi connectivity index (χ1) is 9.81. The monoisotopic (exact) mass is 269 g/mol. The molecular formula is C18H20FN. The van der Waals surface area contributed by atoms with E-state index in [1.807, 2.05) is 12.1 Å². The Morgan fingerprint density at radius 2 is 1.55 bits per heavy atom. The molecule has 0 atom stereocenters. The van der Waals surface area contributed by atoms with Crippen LogP contribution in [0.3, 0.4) is 0 Å². The van der Waals surface area contributed by atoms with Crippen molar-refractivity contribution in [2.45, 2.75) is 25.3 Å². The highest BCUT2D eigenvalue weighted by Gasteiger charge is 2.20. The van der Waals surface area contributed by atoms with Crippen LogP contribution in [0.2, 0.25) is 0 Å². The van der Waals surface area contributed by atoms with Crippen LogP contribution in [0, 0.1) is 5.82 Å². The van der Waals surface area contributed by atoms with Crippen LogP contribution in [-0.4, -0.2) is 18.0 Å². The maximum Gasteiger partial charge on any atom is 0.123 e. The van der Waals surface area contributed by atoms with Crippen LogP contribution >= 0.6 is 0 Å². The lowest BCUT2D eigenvalue weighted by molar-refractivity contribution is 0.204. The average Bonchev–Trinajstić information content (AvgIpc) is 2.51. The minimum atomic E-state index is -0.156. The Labute approximate surface area is 120 Å². The van der Waals surface area contributed by atoms with E-state index < -0.39 is 0 Å². The second kappa shape index (κ2) is 6.19. The first kappa shape index (κ1) is 13.3. The standard InChI is InChI=1S/C18H20FN/c19-18-8-6-15(7-9-18)14-20-12-10-17(11-13-20)16-4-2-1-3-5-16/h1-9,17H,10-14H2. The SMILES string of the molecule is Fc1ccc(CN2CCC(c3ccccc3)CC2)cc1. The molecule has 0 aromatic heterocycles. The van der Waals surface area contributed by atoms with Crippen molar-refractivity contribution in [3.8, 4) is 0 Å². The van der Waals surface area contributed by atoms with Crippen LogP contribution < -0.4 is 0 Å². The Bertz CT molecular complexity index is 527. The fourth-order valence-electron chi connectivity index (χ4n) is 3.00. The molecule has 20 heavy (non-hydrogen) atoms. The minimum Gasteiger partial charge on any atom is -0.299 e. The molecule has 1 aliphatic heterocycles. The van der Waals surface area contributed by atoms with Crippen LogP contribution in [0.25, 0.3) is 0 Å². The van der Waals surface area contributed by atoms with E-state index in [4.69, 9.17) is 0 Å². The molecule has 104 valence electrons. The largest absolute Gasteiger partial charge is 0.299 e. The van der Waals surface area contributed by atoms with E-state index in [-0.39, 0.29) is 5.82 Å². The molecule has 0 saturated carbocycles. The van der Waals surface area contributed by atoms with Gasteiger partial charge in [0.05, 0.1) is 0 Å². The quantitative estimate of drug-likeness (QED) is 0.807. The van der Waals surface area contributed by atoms with E-state index >= 15 is 0 Å². The lowest BCUT2D eigenvalue weighted by Crippen LogP contribution is -2.32. The molecule has 3 rings (SSSR count). The molecule has 0 radical (unpaired) electrons. The summed E-state index contributed by atoms with van der Waals surface area (Å²) in [7, 11) is 0. The molecule has 0 N–H and O–H groups in total.